The Kier molecular flexibility index (Phi) is 5.94. The van der Waals surface area contributed by atoms with Crippen LogP contribution in [0.5, 0.6) is 0 Å². The third-order valence-electron chi connectivity index (χ3n) is 4.05. The Labute approximate surface area is 165 Å². The largest absolute Gasteiger partial charge is 0.422 e. The zero-order chi connectivity index (χ0) is 19.4. The first kappa shape index (κ1) is 19.1. The molecule has 0 aliphatic heterocycles. The van der Waals surface area contributed by atoms with Crippen LogP contribution < -0.4 is 10.5 Å². The molecule has 0 saturated heterocycles. The number of benzene rings is 2. The van der Waals surface area contributed by atoms with Gasteiger partial charge in [-0.3, -0.25) is 9.59 Å². The van der Waals surface area contributed by atoms with Gasteiger partial charge < -0.3 is 9.32 Å². The van der Waals surface area contributed by atoms with E-state index in [1.807, 2.05) is 30.3 Å². The van der Waals surface area contributed by atoms with Crippen molar-refractivity contribution >= 4 is 51.5 Å². The molecule has 0 atom stereocenters. The van der Waals surface area contributed by atoms with Gasteiger partial charge >= 0.3 is 5.63 Å². The molecule has 27 heavy (non-hydrogen) atoms. The maximum atomic E-state index is 12.7. The molecule has 0 aliphatic carbocycles. The maximum Gasteiger partial charge on any atom is 0.349 e. The van der Waals surface area contributed by atoms with E-state index < -0.39 is 23.2 Å². The fourth-order valence-corrected chi connectivity index (χ4v) is 3.13. The summed E-state index contributed by atoms with van der Waals surface area (Å²) in [5.41, 5.74) is 0.163. The lowest BCUT2D eigenvalue weighted by Gasteiger charge is -2.25. The number of carbonyl (C=O) groups is 2. The minimum absolute atomic E-state index is 0.141. The molecular weight excluding hydrogens is 389 g/mol. The van der Waals surface area contributed by atoms with Gasteiger partial charge in [0.2, 0.25) is 5.91 Å². The maximum absolute atomic E-state index is 12.7. The summed E-state index contributed by atoms with van der Waals surface area (Å²) < 4.78 is 5.26. The van der Waals surface area contributed by atoms with E-state index >= 15 is 0 Å². The Morgan fingerprint density at radius 1 is 0.926 bits per heavy atom. The highest BCUT2D eigenvalue weighted by Gasteiger charge is 2.27. The van der Waals surface area contributed by atoms with E-state index in [0.717, 1.165) is 5.56 Å². The molecule has 2 aromatic carbocycles. The number of hydrogen-bond donors (Lipinski definition) is 0. The Hall–Kier alpha value is -2.63. The zero-order valence-electron chi connectivity index (χ0n) is 14.2. The van der Waals surface area contributed by atoms with Crippen molar-refractivity contribution in [3.05, 3.63) is 76.1 Å². The smallest absolute Gasteiger partial charge is 0.349 e. The van der Waals surface area contributed by atoms with Crippen LogP contribution >= 0.6 is 23.2 Å². The molecule has 0 spiro atoms. The average molecular weight is 404 g/mol. The van der Waals surface area contributed by atoms with Crippen LogP contribution in [0.15, 0.2) is 63.8 Å². The second-order valence-corrected chi connectivity index (χ2v) is 6.30. The number of anilines is 1. The molecule has 7 heteroatoms. The Morgan fingerprint density at radius 2 is 1.59 bits per heavy atom. The van der Waals surface area contributed by atoms with Crippen molar-refractivity contribution in [3.63, 3.8) is 0 Å². The fraction of sp³-hybridized carbons (Fsp3) is 0.150. The predicted octanol–water partition coefficient (Wildman–Crippen LogP) is 3.99. The van der Waals surface area contributed by atoms with E-state index in [2.05, 4.69) is 0 Å². The number of fused-ring (bicyclic) bond motifs is 1. The molecule has 5 nitrogen and oxygen atoms in total. The Morgan fingerprint density at radius 3 is 2.26 bits per heavy atom. The number of amides is 1. The van der Waals surface area contributed by atoms with E-state index in [4.69, 9.17) is 27.6 Å². The van der Waals surface area contributed by atoms with E-state index in [1.54, 1.807) is 24.3 Å². The van der Waals surface area contributed by atoms with Gasteiger partial charge in [-0.15, -0.1) is 23.2 Å². The molecule has 1 heterocycles. The van der Waals surface area contributed by atoms with Gasteiger partial charge in [0.05, 0.1) is 18.1 Å². The average Bonchev–Trinajstić information content (AvgIpc) is 2.70. The summed E-state index contributed by atoms with van der Waals surface area (Å²) in [5, 5.41) is 0.458. The van der Waals surface area contributed by atoms with Crippen LogP contribution in [0.25, 0.3) is 11.0 Å². The number of nitrogens with zero attached hydrogens (tertiary/aromatic N) is 1. The molecule has 0 bridgehead atoms. The van der Waals surface area contributed by atoms with Crippen molar-refractivity contribution in [1.82, 2.24) is 0 Å². The number of rotatable bonds is 6. The summed E-state index contributed by atoms with van der Waals surface area (Å²) in [4.78, 5) is 38.9. The van der Waals surface area contributed by atoms with Crippen molar-refractivity contribution in [1.29, 1.82) is 0 Å². The topological polar surface area (TPSA) is 67.6 Å². The monoisotopic (exact) mass is 403 g/mol. The molecule has 3 aromatic rings. The van der Waals surface area contributed by atoms with Gasteiger partial charge in [0.25, 0.3) is 0 Å². The SMILES string of the molecule is O=C(CCl)c1c(N(Cc2ccccc2)C(=O)CCl)c2ccccc2oc1=O. The van der Waals surface area contributed by atoms with E-state index in [1.165, 1.54) is 4.90 Å². The molecule has 0 unspecified atom stereocenters. The quantitative estimate of drug-likeness (QED) is 0.354. The molecular formula is C20H15Cl2NO4. The first-order chi connectivity index (χ1) is 13.1. The van der Waals surface area contributed by atoms with Gasteiger partial charge in [0, 0.05) is 5.39 Å². The van der Waals surface area contributed by atoms with Crippen molar-refractivity contribution in [2.45, 2.75) is 6.54 Å². The molecule has 3 rings (SSSR count). The number of halogens is 2. The van der Waals surface area contributed by atoms with Crippen LogP contribution in [-0.4, -0.2) is 23.5 Å². The highest BCUT2D eigenvalue weighted by Crippen LogP contribution is 2.31. The lowest BCUT2D eigenvalue weighted by Crippen LogP contribution is -2.35. The summed E-state index contributed by atoms with van der Waals surface area (Å²) in [6.07, 6.45) is 0. The van der Waals surface area contributed by atoms with Crippen LogP contribution in [0.4, 0.5) is 5.69 Å². The third kappa shape index (κ3) is 3.89. The summed E-state index contributed by atoms with van der Waals surface area (Å²) in [6, 6.07) is 15.9. The number of ketones is 1. The van der Waals surface area contributed by atoms with Gasteiger partial charge in [0.15, 0.2) is 5.78 Å². The van der Waals surface area contributed by atoms with Crippen molar-refractivity contribution in [2.24, 2.45) is 0 Å². The number of para-hydroxylation sites is 1. The summed E-state index contributed by atoms with van der Waals surface area (Å²) in [7, 11) is 0. The molecule has 138 valence electrons. The van der Waals surface area contributed by atoms with Crippen LogP contribution in [0, 0.1) is 0 Å². The Bertz CT molecular complexity index is 1050. The molecule has 1 aromatic heterocycles. The normalized spacial score (nSPS) is 10.7. The van der Waals surface area contributed by atoms with Crippen molar-refractivity contribution < 1.29 is 14.0 Å². The number of carbonyl (C=O) groups excluding carboxylic acids is 2. The lowest BCUT2D eigenvalue weighted by molar-refractivity contribution is -0.116. The third-order valence-corrected chi connectivity index (χ3v) is 4.53. The van der Waals surface area contributed by atoms with Crippen LogP contribution in [0.3, 0.4) is 0 Å². The van der Waals surface area contributed by atoms with Crippen LogP contribution in [0.2, 0.25) is 0 Å². The van der Waals surface area contributed by atoms with Gasteiger partial charge in [-0.2, -0.15) is 0 Å². The fourth-order valence-electron chi connectivity index (χ4n) is 2.86. The minimum atomic E-state index is -0.838. The number of alkyl halides is 2. The van der Waals surface area contributed by atoms with E-state index in [0.29, 0.717) is 5.39 Å². The second-order valence-electron chi connectivity index (χ2n) is 5.77. The molecule has 0 N–H and O–H groups in total. The Balaban J connectivity index is 2.31. The number of Topliss-reactive ketones (excluding diaryl/α,β-unsaturated/α-hetero) is 1. The van der Waals surface area contributed by atoms with Crippen molar-refractivity contribution in [2.75, 3.05) is 16.7 Å². The van der Waals surface area contributed by atoms with Gasteiger partial charge in [0.1, 0.15) is 17.0 Å². The molecule has 0 fully saturated rings. The number of hydrogen-bond acceptors (Lipinski definition) is 4. The van der Waals surface area contributed by atoms with Gasteiger partial charge in [-0.1, -0.05) is 42.5 Å². The molecule has 0 radical (unpaired) electrons. The molecule has 0 saturated carbocycles. The van der Waals surface area contributed by atoms with Crippen molar-refractivity contribution in [3.8, 4) is 0 Å². The highest BCUT2D eigenvalue weighted by atomic mass is 35.5. The minimum Gasteiger partial charge on any atom is -0.422 e. The summed E-state index contributed by atoms with van der Waals surface area (Å²) >= 11 is 11.5. The molecule has 0 aliphatic rings. The highest BCUT2D eigenvalue weighted by molar-refractivity contribution is 6.33. The first-order valence-corrected chi connectivity index (χ1v) is 9.19. The summed E-state index contributed by atoms with van der Waals surface area (Å²) in [6.45, 7) is 0.141. The van der Waals surface area contributed by atoms with Gasteiger partial charge in [-0.05, 0) is 17.7 Å². The van der Waals surface area contributed by atoms with Crippen LogP contribution in [0.1, 0.15) is 15.9 Å². The molecule has 1 amide bonds. The van der Waals surface area contributed by atoms with E-state index in [9.17, 15) is 14.4 Å². The lowest BCUT2D eigenvalue weighted by atomic mass is 10.1. The summed E-state index contributed by atoms with van der Waals surface area (Å²) in [5.74, 6) is -1.79. The second kappa shape index (κ2) is 8.37. The predicted molar refractivity (Wildman–Crippen MR) is 106 cm³/mol. The standard InChI is InChI=1S/C20H15Cl2NO4/c21-10-15(24)18-19(14-8-4-5-9-16(14)27-20(18)26)23(17(25)11-22)12-13-6-2-1-3-7-13/h1-9H,10-12H2. The van der Waals surface area contributed by atoms with E-state index in [-0.39, 0.29) is 29.3 Å². The zero-order valence-corrected chi connectivity index (χ0v) is 15.7. The van der Waals surface area contributed by atoms with Crippen LogP contribution in [-0.2, 0) is 11.3 Å². The first-order valence-electron chi connectivity index (χ1n) is 8.12. The van der Waals surface area contributed by atoms with Gasteiger partial charge in [-0.25, -0.2) is 4.79 Å².